The molecule has 4 nitrogen and oxygen atoms in total. The van der Waals surface area contributed by atoms with E-state index in [2.05, 4.69) is 0 Å². The van der Waals surface area contributed by atoms with Crippen molar-refractivity contribution in [3.63, 3.8) is 0 Å². The van der Waals surface area contributed by atoms with Crippen LogP contribution in [-0.2, 0) is 9.59 Å². The molecule has 2 aliphatic heterocycles. The van der Waals surface area contributed by atoms with Crippen LogP contribution < -0.4 is 4.90 Å². The molecule has 0 N–H and O–H groups in total. The molecule has 146 valence electrons. The molecule has 0 radical (unpaired) electrons. The first-order valence-electron chi connectivity index (χ1n) is 9.21. The predicted octanol–water partition coefficient (Wildman–Crippen LogP) is 4.72. The molecule has 2 amide bonds. The highest BCUT2D eigenvalue weighted by molar-refractivity contribution is 8.02. The molecule has 2 aliphatic rings. The van der Waals surface area contributed by atoms with E-state index in [0.29, 0.717) is 23.9 Å². The fourth-order valence-corrected chi connectivity index (χ4v) is 5.63. The lowest BCUT2D eigenvalue weighted by molar-refractivity contribution is -0.132. The zero-order valence-electron chi connectivity index (χ0n) is 15.2. The highest BCUT2D eigenvalue weighted by atomic mass is 35.5. The highest BCUT2D eigenvalue weighted by Gasteiger charge is 2.49. The van der Waals surface area contributed by atoms with Crippen molar-refractivity contribution in [3.05, 3.63) is 65.2 Å². The van der Waals surface area contributed by atoms with Gasteiger partial charge in [0.1, 0.15) is 5.38 Å². The Hall–Kier alpha value is -1.69. The number of piperidine rings is 1. The zero-order valence-corrected chi connectivity index (χ0v) is 17.5. The highest BCUT2D eigenvalue weighted by Crippen LogP contribution is 2.47. The zero-order chi connectivity index (χ0) is 19.7. The summed E-state index contributed by atoms with van der Waals surface area (Å²) in [5.74, 6) is 0.486. The number of carbonyl (C=O) groups is 2. The Morgan fingerprint density at radius 3 is 2.32 bits per heavy atom. The SMILES string of the molecule is O=C(C(Cl)c1ccccc1)N1CCC2(CC1)SCC(=O)N2c1ccc(Cl)cc1. The van der Waals surface area contributed by atoms with E-state index in [-0.39, 0.29) is 16.7 Å². The standard InChI is InChI=1S/C21H20Cl2N2O2S/c22-16-6-8-17(9-7-16)25-18(26)14-28-21(25)10-12-24(13-11-21)20(27)19(23)15-4-2-1-3-5-15/h1-9,19H,10-14H2. The van der Waals surface area contributed by atoms with Crippen LogP contribution in [0.4, 0.5) is 5.69 Å². The molecule has 0 bridgehead atoms. The maximum Gasteiger partial charge on any atom is 0.245 e. The van der Waals surface area contributed by atoms with Crippen LogP contribution in [0.2, 0.25) is 5.02 Å². The van der Waals surface area contributed by atoms with Crippen LogP contribution >= 0.6 is 35.0 Å². The Morgan fingerprint density at radius 2 is 1.68 bits per heavy atom. The number of rotatable bonds is 3. The summed E-state index contributed by atoms with van der Waals surface area (Å²) < 4.78 is 0. The van der Waals surface area contributed by atoms with E-state index >= 15 is 0 Å². The third-order valence-corrected chi connectivity index (χ3v) is 7.58. The van der Waals surface area contributed by atoms with Gasteiger partial charge in [0.25, 0.3) is 0 Å². The molecule has 1 atom stereocenters. The Labute approximate surface area is 178 Å². The molecule has 2 fully saturated rings. The van der Waals surface area contributed by atoms with Gasteiger partial charge in [0.05, 0.1) is 10.6 Å². The number of alkyl halides is 1. The second kappa shape index (κ2) is 7.97. The first-order chi connectivity index (χ1) is 13.5. The summed E-state index contributed by atoms with van der Waals surface area (Å²) in [6.45, 7) is 1.17. The van der Waals surface area contributed by atoms with Crippen molar-refractivity contribution in [3.8, 4) is 0 Å². The van der Waals surface area contributed by atoms with Gasteiger partial charge in [-0.25, -0.2) is 0 Å². The Bertz CT molecular complexity index is 868. The number of halogens is 2. The molecule has 0 aliphatic carbocycles. The smallest absolute Gasteiger partial charge is 0.245 e. The summed E-state index contributed by atoms with van der Waals surface area (Å²) in [5.41, 5.74) is 1.67. The first-order valence-corrected chi connectivity index (χ1v) is 11.0. The number of thioether (sulfide) groups is 1. The summed E-state index contributed by atoms with van der Waals surface area (Å²) in [7, 11) is 0. The number of amides is 2. The second-order valence-corrected chi connectivity index (χ2v) is 9.25. The van der Waals surface area contributed by atoms with Crippen molar-refractivity contribution in [2.45, 2.75) is 23.1 Å². The van der Waals surface area contributed by atoms with Crippen LogP contribution in [0.15, 0.2) is 54.6 Å². The average Bonchev–Trinajstić information content (AvgIpc) is 3.04. The molecule has 7 heteroatoms. The quantitative estimate of drug-likeness (QED) is 0.656. The fraction of sp³-hybridized carbons (Fsp3) is 0.333. The summed E-state index contributed by atoms with van der Waals surface area (Å²) in [4.78, 5) is 28.9. The number of carbonyl (C=O) groups excluding carboxylic acids is 2. The fourth-order valence-electron chi connectivity index (χ4n) is 3.89. The Kier molecular flexibility index (Phi) is 5.59. The summed E-state index contributed by atoms with van der Waals surface area (Å²) in [6, 6.07) is 16.8. The van der Waals surface area contributed by atoms with Gasteiger partial charge in [-0.05, 0) is 42.7 Å². The molecule has 2 aromatic carbocycles. The molecule has 0 saturated carbocycles. The van der Waals surface area contributed by atoms with E-state index in [9.17, 15) is 9.59 Å². The molecular weight excluding hydrogens is 415 g/mol. The summed E-state index contributed by atoms with van der Waals surface area (Å²) >= 11 is 14.1. The van der Waals surface area contributed by atoms with Crippen molar-refractivity contribution < 1.29 is 9.59 Å². The summed E-state index contributed by atoms with van der Waals surface area (Å²) in [5, 5.41) is -0.0351. The average molecular weight is 435 g/mol. The van der Waals surface area contributed by atoms with Crippen molar-refractivity contribution in [1.29, 1.82) is 0 Å². The van der Waals surface area contributed by atoms with E-state index in [4.69, 9.17) is 23.2 Å². The number of benzene rings is 2. The van der Waals surface area contributed by atoms with Crippen LogP contribution in [0.5, 0.6) is 0 Å². The molecule has 2 heterocycles. The van der Waals surface area contributed by atoms with Crippen molar-refractivity contribution in [1.82, 2.24) is 4.90 Å². The normalized spacial score (nSPS) is 19.9. The van der Waals surface area contributed by atoms with Crippen molar-refractivity contribution in [2.75, 3.05) is 23.7 Å². The minimum atomic E-state index is -0.680. The van der Waals surface area contributed by atoms with E-state index in [1.54, 1.807) is 23.9 Å². The van der Waals surface area contributed by atoms with Gasteiger partial charge >= 0.3 is 0 Å². The molecule has 2 saturated heterocycles. The Morgan fingerprint density at radius 1 is 1.04 bits per heavy atom. The molecule has 4 rings (SSSR count). The van der Waals surface area contributed by atoms with Gasteiger partial charge < -0.3 is 4.90 Å². The molecule has 2 aromatic rings. The number of likely N-dealkylation sites (tertiary alicyclic amines) is 1. The largest absolute Gasteiger partial charge is 0.341 e. The minimum Gasteiger partial charge on any atom is -0.341 e. The van der Waals surface area contributed by atoms with E-state index < -0.39 is 5.38 Å². The molecule has 28 heavy (non-hydrogen) atoms. The molecule has 0 aromatic heterocycles. The maximum atomic E-state index is 12.8. The van der Waals surface area contributed by atoms with Crippen molar-refractivity contribution >= 4 is 52.5 Å². The molecule has 1 spiro atoms. The van der Waals surface area contributed by atoms with E-state index in [0.717, 1.165) is 24.1 Å². The maximum absolute atomic E-state index is 12.8. The van der Waals surface area contributed by atoms with Crippen LogP contribution in [0.25, 0.3) is 0 Å². The van der Waals surface area contributed by atoms with Gasteiger partial charge in [-0.15, -0.1) is 23.4 Å². The van der Waals surface area contributed by atoms with Crippen LogP contribution in [0, 0.1) is 0 Å². The topological polar surface area (TPSA) is 40.6 Å². The van der Waals surface area contributed by atoms with E-state index in [1.165, 1.54) is 0 Å². The third kappa shape index (κ3) is 3.63. The lowest BCUT2D eigenvalue weighted by Gasteiger charge is -2.44. The predicted molar refractivity (Wildman–Crippen MR) is 115 cm³/mol. The number of anilines is 1. The minimum absolute atomic E-state index is 0.0740. The van der Waals surface area contributed by atoms with Crippen LogP contribution in [-0.4, -0.2) is 40.4 Å². The molecular formula is C21H20Cl2N2O2S. The molecule has 1 unspecified atom stereocenters. The third-order valence-electron chi connectivity index (χ3n) is 5.37. The number of hydrogen-bond acceptors (Lipinski definition) is 3. The summed E-state index contributed by atoms with van der Waals surface area (Å²) in [6.07, 6.45) is 1.44. The van der Waals surface area contributed by atoms with E-state index in [1.807, 2.05) is 52.3 Å². The second-order valence-electron chi connectivity index (χ2n) is 7.04. The first kappa shape index (κ1) is 19.6. The van der Waals surface area contributed by atoms with Crippen LogP contribution in [0.1, 0.15) is 23.8 Å². The van der Waals surface area contributed by atoms with Crippen molar-refractivity contribution in [2.24, 2.45) is 0 Å². The van der Waals surface area contributed by atoms with Gasteiger partial charge in [-0.2, -0.15) is 0 Å². The lowest BCUT2D eigenvalue weighted by atomic mass is 10.00. The lowest BCUT2D eigenvalue weighted by Crippen LogP contribution is -2.53. The number of hydrogen-bond donors (Lipinski definition) is 0. The number of nitrogens with zero attached hydrogens (tertiary/aromatic N) is 2. The van der Waals surface area contributed by atoms with Gasteiger partial charge in [-0.3, -0.25) is 14.5 Å². The van der Waals surface area contributed by atoms with Gasteiger partial charge in [-0.1, -0.05) is 41.9 Å². The monoisotopic (exact) mass is 434 g/mol. The van der Waals surface area contributed by atoms with Gasteiger partial charge in [0.2, 0.25) is 11.8 Å². The van der Waals surface area contributed by atoms with Gasteiger partial charge in [0.15, 0.2) is 0 Å². The van der Waals surface area contributed by atoms with Crippen LogP contribution in [0.3, 0.4) is 0 Å². The Balaban J connectivity index is 1.48. The van der Waals surface area contributed by atoms with Gasteiger partial charge in [0, 0.05) is 23.8 Å².